The smallest absolute Gasteiger partial charge is 0.305 e. The molecule has 0 aromatic heterocycles. The number of aliphatic hydroxyl groups excluding tert-OH is 1. The van der Waals surface area contributed by atoms with E-state index in [0.717, 1.165) is 44.9 Å². The molecule has 5 heteroatoms. The quantitative estimate of drug-likeness (QED) is 0.222. The topological polar surface area (TPSA) is 80.7 Å². The molecule has 1 rings (SSSR count). The molecule has 0 aromatic rings. The fraction of sp³-hybridized carbons (Fsp3) is 0.792. The van der Waals surface area contributed by atoms with Crippen LogP contribution < -0.4 is 0 Å². The first-order valence-corrected chi connectivity index (χ1v) is 11.5. The van der Waals surface area contributed by atoms with Crippen LogP contribution in [0.1, 0.15) is 97.3 Å². The van der Waals surface area contributed by atoms with Crippen LogP contribution in [0.25, 0.3) is 0 Å². The number of allylic oxidation sites excluding steroid dienone is 2. The van der Waals surface area contributed by atoms with Crippen LogP contribution in [0.5, 0.6) is 0 Å². The molecule has 1 saturated carbocycles. The summed E-state index contributed by atoms with van der Waals surface area (Å²) in [6.07, 6.45) is 12.8. The van der Waals surface area contributed by atoms with Crippen molar-refractivity contribution in [2.75, 3.05) is 6.61 Å². The van der Waals surface area contributed by atoms with Crippen molar-refractivity contribution in [1.29, 1.82) is 0 Å². The lowest BCUT2D eigenvalue weighted by Crippen LogP contribution is -2.21. The van der Waals surface area contributed by atoms with E-state index in [1.807, 2.05) is 12.2 Å². The van der Waals surface area contributed by atoms with Gasteiger partial charge in [-0.3, -0.25) is 14.4 Å². The maximum absolute atomic E-state index is 12.2. The lowest BCUT2D eigenvalue weighted by Gasteiger charge is -2.19. The monoisotopic (exact) mass is 408 g/mol. The normalized spacial score (nSPS) is 21.8. The second-order valence-corrected chi connectivity index (χ2v) is 8.22. The highest BCUT2D eigenvalue weighted by Gasteiger charge is 2.40. The maximum atomic E-state index is 12.2. The number of aliphatic hydroxyl groups is 1. The van der Waals surface area contributed by atoms with Gasteiger partial charge in [0.2, 0.25) is 0 Å². The number of rotatable bonds is 16. The molecule has 1 fully saturated rings. The van der Waals surface area contributed by atoms with Gasteiger partial charge < -0.3 is 9.84 Å². The molecule has 0 amide bonds. The zero-order valence-electron chi connectivity index (χ0n) is 18.4. The van der Waals surface area contributed by atoms with E-state index in [-0.39, 0.29) is 35.8 Å². The van der Waals surface area contributed by atoms with E-state index in [2.05, 4.69) is 13.8 Å². The zero-order chi connectivity index (χ0) is 21.5. The molecule has 0 aliphatic heterocycles. The number of esters is 1. The minimum absolute atomic E-state index is 0.0899. The summed E-state index contributed by atoms with van der Waals surface area (Å²) in [5.41, 5.74) is 0. The molecule has 1 aliphatic rings. The van der Waals surface area contributed by atoms with Crippen molar-refractivity contribution < 1.29 is 24.2 Å². The van der Waals surface area contributed by atoms with Crippen molar-refractivity contribution >= 4 is 17.5 Å². The van der Waals surface area contributed by atoms with Gasteiger partial charge in [-0.05, 0) is 44.4 Å². The lowest BCUT2D eigenvalue weighted by molar-refractivity contribution is -0.143. The largest absolute Gasteiger partial charge is 0.466 e. The van der Waals surface area contributed by atoms with E-state index in [1.54, 1.807) is 0 Å². The molecule has 0 radical (unpaired) electrons. The molecule has 3 unspecified atom stereocenters. The molecule has 0 saturated heterocycles. The van der Waals surface area contributed by atoms with Gasteiger partial charge in [-0.1, -0.05) is 45.3 Å². The summed E-state index contributed by atoms with van der Waals surface area (Å²) in [7, 11) is 0. The van der Waals surface area contributed by atoms with E-state index >= 15 is 0 Å². The number of carbonyl (C=O) groups is 3. The molecule has 0 spiro atoms. The van der Waals surface area contributed by atoms with E-state index in [0.29, 0.717) is 38.7 Å². The van der Waals surface area contributed by atoms with Crippen molar-refractivity contribution in [2.24, 2.45) is 11.8 Å². The SMILES string of the molecule is CCCCCC(=O)CCC1C(=O)CC(O)C1CC=CCCCC(=O)OCCCC. The first-order valence-electron chi connectivity index (χ1n) is 11.5. The second-order valence-electron chi connectivity index (χ2n) is 8.22. The molecule has 29 heavy (non-hydrogen) atoms. The molecule has 0 bridgehead atoms. The van der Waals surface area contributed by atoms with Crippen molar-refractivity contribution in [3.05, 3.63) is 12.2 Å². The van der Waals surface area contributed by atoms with Gasteiger partial charge in [-0.15, -0.1) is 0 Å². The predicted octanol–water partition coefficient (Wildman–Crippen LogP) is 4.94. The van der Waals surface area contributed by atoms with Gasteiger partial charge in [-0.25, -0.2) is 0 Å². The average Bonchev–Trinajstić information content (AvgIpc) is 2.95. The van der Waals surface area contributed by atoms with Crippen molar-refractivity contribution in [3.63, 3.8) is 0 Å². The van der Waals surface area contributed by atoms with Gasteiger partial charge in [0, 0.05) is 31.6 Å². The minimum atomic E-state index is -0.610. The van der Waals surface area contributed by atoms with Crippen LogP contribution in [-0.2, 0) is 19.1 Å². The molecule has 1 aliphatic carbocycles. The van der Waals surface area contributed by atoms with Crippen LogP contribution in [0.2, 0.25) is 0 Å². The second kappa shape index (κ2) is 15.4. The number of Topliss-reactive ketones (excluding diaryl/α,β-unsaturated/α-hetero) is 2. The van der Waals surface area contributed by atoms with Crippen LogP contribution in [0.4, 0.5) is 0 Å². The van der Waals surface area contributed by atoms with Gasteiger partial charge in [0.1, 0.15) is 11.6 Å². The van der Waals surface area contributed by atoms with Crippen molar-refractivity contribution in [2.45, 2.75) is 103 Å². The molecule has 0 aromatic carbocycles. The molecular formula is C24H40O5. The molecule has 5 nitrogen and oxygen atoms in total. The molecule has 0 heterocycles. The van der Waals surface area contributed by atoms with Gasteiger partial charge in [-0.2, -0.15) is 0 Å². The van der Waals surface area contributed by atoms with Crippen molar-refractivity contribution in [3.8, 4) is 0 Å². The van der Waals surface area contributed by atoms with Gasteiger partial charge in [0.25, 0.3) is 0 Å². The first kappa shape index (κ1) is 25.5. The molecule has 3 atom stereocenters. The fourth-order valence-corrected chi connectivity index (χ4v) is 3.86. The summed E-state index contributed by atoms with van der Waals surface area (Å²) >= 11 is 0. The molecule has 1 N–H and O–H groups in total. The Morgan fingerprint density at radius 1 is 1.03 bits per heavy atom. The predicted molar refractivity (Wildman–Crippen MR) is 114 cm³/mol. The lowest BCUT2D eigenvalue weighted by atomic mass is 9.86. The van der Waals surface area contributed by atoms with Crippen LogP contribution in [-0.4, -0.2) is 35.4 Å². The van der Waals surface area contributed by atoms with E-state index in [9.17, 15) is 19.5 Å². The molecular weight excluding hydrogens is 368 g/mol. The third kappa shape index (κ3) is 10.7. The van der Waals surface area contributed by atoms with Crippen LogP contribution in [0.15, 0.2) is 12.2 Å². The highest BCUT2D eigenvalue weighted by Crippen LogP contribution is 2.35. The highest BCUT2D eigenvalue weighted by molar-refractivity contribution is 5.85. The Labute approximate surface area is 176 Å². The number of ether oxygens (including phenoxy) is 1. The Hall–Kier alpha value is -1.49. The summed E-state index contributed by atoms with van der Waals surface area (Å²) in [6.45, 7) is 4.67. The number of unbranched alkanes of at least 4 members (excludes halogenated alkanes) is 4. The number of ketones is 2. The third-order valence-corrected chi connectivity index (χ3v) is 5.72. The van der Waals surface area contributed by atoms with E-state index < -0.39 is 6.10 Å². The number of carbonyl (C=O) groups excluding carboxylic acids is 3. The van der Waals surface area contributed by atoms with Crippen LogP contribution in [0, 0.1) is 11.8 Å². The summed E-state index contributed by atoms with van der Waals surface area (Å²) in [4.78, 5) is 35.8. The van der Waals surface area contributed by atoms with Crippen LogP contribution in [0.3, 0.4) is 0 Å². The first-order chi connectivity index (χ1) is 14.0. The Morgan fingerprint density at radius 3 is 2.52 bits per heavy atom. The van der Waals surface area contributed by atoms with E-state index in [4.69, 9.17) is 4.74 Å². The zero-order valence-corrected chi connectivity index (χ0v) is 18.4. The fourth-order valence-electron chi connectivity index (χ4n) is 3.86. The van der Waals surface area contributed by atoms with Crippen molar-refractivity contribution in [1.82, 2.24) is 0 Å². The number of hydrogen-bond acceptors (Lipinski definition) is 5. The minimum Gasteiger partial charge on any atom is -0.466 e. The van der Waals surface area contributed by atoms with Gasteiger partial charge in [0.05, 0.1) is 12.7 Å². The average molecular weight is 409 g/mol. The Morgan fingerprint density at radius 2 is 1.79 bits per heavy atom. The van der Waals surface area contributed by atoms with Crippen LogP contribution >= 0.6 is 0 Å². The highest BCUT2D eigenvalue weighted by atomic mass is 16.5. The summed E-state index contributed by atoms with van der Waals surface area (Å²) in [5, 5.41) is 10.2. The molecule has 166 valence electrons. The Bertz CT molecular complexity index is 525. The Balaban J connectivity index is 2.30. The summed E-state index contributed by atoms with van der Waals surface area (Å²) < 4.78 is 5.13. The third-order valence-electron chi connectivity index (χ3n) is 5.72. The van der Waals surface area contributed by atoms with Gasteiger partial charge >= 0.3 is 5.97 Å². The Kier molecular flexibility index (Phi) is 13.5. The number of hydrogen-bond donors (Lipinski definition) is 1. The standard InChI is InChI=1S/C24H40O5/c1-3-5-9-12-19(25)15-16-21-20(22(26)18-23(21)27)13-10-7-8-11-14-24(28)29-17-6-4-2/h7,10,20-22,26H,3-6,8-9,11-18H2,1-2H3. The maximum Gasteiger partial charge on any atom is 0.305 e. The van der Waals surface area contributed by atoms with Gasteiger partial charge in [0.15, 0.2) is 0 Å². The summed E-state index contributed by atoms with van der Waals surface area (Å²) in [6, 6.07) is 0. The summed E-state index contributed by atoms with van der Waals surface area (Å²) in [5.74, 6) is -0.133. The van der Waals surface area contributed by atoms with E-state index in [1.165, 1.54) is 0 Å².